The van der Waals surface area contributed by atoms with Crippen LogP contribution in [0.2, 0.25) is 0 Å². The van der Waals surface area contributed by atoms with Crippen molar-refractivity contribution in [2.75, 3.05) is 0 Å². The average Bonchev–Trinajstić information content (AvgIpc) is 3.16. The molecule has 162 valence electrons. The summed E-state index contributed by atoms with van der Waals surface area (Å²) >= 11 is 0. The Morgan fingerprint density at radius 2 is 1.87 bits per heavy atom. The molecule has 1 aliphatic rings. The highest BCUT2D eigenvalue weighted by molar-refractivity contribution is 5.71. The second kappa shape index (κ2) is 8.89. The fraction of sp³-hybridized carbons (Fsp3) is 0.375. The zero-order valence-corrected chi connectivity index (χ0v) is 18.0. The van der Waals surface area contributed by atoms with Gasteiger partial charge in [0.25, 0.3) is 0 Å². The predicted octanol–water partition coefficient (Wildman–Crippen LogP) is 4.45. The third-order valence-electron chi connectivity index (χ3n) is 5.50. The molecule has 1 fully saturated rings. The number of benzene rings is 2. The van der Waals surface area contributed by atoms with E-state index in [9.17, 15) is 4.79 Å². The van der Waals surface area contributed by atoms with Gasteiger partial charge in [0.2, 0.25) is 11.8 Å². The molecule has 1 saturated carbocycles. The fourth-order valence-corrected chi connectivity index (χ4v) is 3.72. The molecule has 0 aliphatic heterocycles. The highest BCUT2D eigenvalue weighted by atomic mass is 16.5. The Balaban J connectivity index is 1.40. The van der Waals surface area contributed by atoms with E-state index in [0.717, 1.165) is 28.0 Å². The van der Waals surface area contributed by atoms with Crippen LogP contribution < -0.4 is 10.1 Å². The number of ether oxygens (including phenoxy) is 1. The van der Waals surface area contributed by atoms with Crippen LogP contribution in [0.5, 0.6) is 5.75 Å². The highest BCUT2D eigenvalue weighted by Crippen LogP contribution is 2.29. The third kappa shape index (κ3) is 4.94. The molecule has 0 amide bonds. The van der Waals surface area contributed by atoms with Gasteiger partial charge >= 0.3 is 5.97 Å². The second-order valence-electron chi connectivity index (χ2n) is 8.34. The summed E-state index contributed by atoms with van der Waals surface area (Å²) in [6.07, 6.45) is 1.51. The van der Waals surface area contributed by atoms with Gasteiger partial charge in [-0.25, -0.2) is 0 Å². The Bertz CT molecular complexity index is 1050. The summed E-state index contributed by atoms with van der Waals surface area (Å²) in [4.78, 5) is 10.9. The number of carbonyl (C=O) groups is 1. The lowest BCUT2D eigenvalue weighted by atomic mass is 9.80. The molecule has 0 spiro atoms. The number of hydrogen-bond donors (Lipinski definition) is 2. The van der Waals surface area contributed by atoms with Gasteiger partial charge in [0.05, 0.1) is 12.0 Å². The lowest BCUT2D eigenvalue weighted by Gasteiger charge is -2.33. The molecule has 0 bridgehead atoms. The number of carboxylic acids is 1. The Kier molecular flexibility index (Phi) is 6.04. The van der Waals surface area contributed by atoms with Gasteiger partial charge in [0.15, 0.2) is 0 Å². The first-order chi connectivity index (χ1) is 14.9. The largest absolute Gasteiger partial charge is 0.491 e. The van der Waals surface area contributed by atoms with Crippen LogP contribution in [-0.4, -0.2) is 33.4 Å². The Hall–Kier alpha value is -3.19. The molecule has 0 radical (unpaired) electrons. The highest BCUT2D eigenvalue weighted by Gasteiger charge is 2.33. The molecule has 3 aromatic rings. The first-order valence-corrected chi connectivity index (χ1v) is 10.6. The van der Waals surface area contributed by atoms with Crippen molar-refractivity contribution in [3.63, 3.8) is 0 Å². The standard InChI is InChI=1S/C24H27N3O4/c1-14(2)30-20-7-5-17(6-8-20)22-26-27-23(31-22)21-9-4-16(10-15(21)3)13-25-19-11-18(12-19)24(28)29/h4-10,14,18-19,25H,11-13H2,1-3H3,(H,28,29). The van der Waals surface area contributed by atoms with E-state index in [1.54, 1.807) is 0 Å². The van der Waals surface area contributed by atoms with Crippen LogP contribution in [0.1, 0.15) is 37.8 Å². The first-order valence-electron chi connectivity index (χ1n) is 10.6. The number of nitrogens with zero attached hydrogens (tertiary/aromatic N) is 2. The smallest absolute Gasteiger partial charge is 0.306 e. The van der Waals surface area contributed by atoms with Gasteiger partial charge in [-0.2, -0.15) is 0 Å². The summed E-state index contributed by atoms with van der Waals surface area (Å²) in [6.45, 7) is 6.70. The molecular weight excluding hydrogens is 394 g/mol. The number of hydrogen-bond acceptors (Lipinski definition) is 6. The van der Waals surface area contributed by atoms with Gasteiger partial charge in [0, 0.05) is 23.7 Å². The predicted molar refractivity (Wildman–Crippen MR) is 117 cm³/mol. The normalized spacial score (nSPS) is 18.1. The van der Waals surface area contributed by atoms with E-state index in [1.807, 2.05) is 57.2 Å². The van der Waals surface area contributed by atoms with Crippen LogP contribution in [0.25, 0.3) is 22.9 Å². The summed E-state index contributed by atoms with van der Waals surface area (Å²) < 4.78 is 11.6. The van der Waals surface area contributed by atoms with E-state index in [4.69, 9.17) is 14.3 Å². The van der Waals surface area contributed by atoms with E-state index in [2.05, 4.69) is 21.6 Å². The Labute approximate surface area is 181 Å². The summed E-state index contributed by atoms with van der Waals surface area (Å²) in [7, 11) is 0. The maximum Gasteiger partial charge on any atom is 0.306 e. The first kappa shape index (κ1) is 21.1. The topological polar surface area (TPSA) is 97.5 Å². The maximum atomic E-state index is 10.9. The number of carboxylic acid groups (broad SMARTS) is 1. The lowest BCUT2D eigenvalue weighted by molar-refractivity contribution is -0.145. The molecule has 0 saturated heterocycles. The number of aliphatic carboxylic acids is 1. The fourth-order valence-electron chi connectivity index (χ4n) is 3.72. The van der Waals surface area contributed by atoms with Gasteiger partial charge in [-0.15, -0.1) is 10.2 Å². The van der Waals surface area contributed by atoms with E-state index < -0.39 is 5.97 Å². The molecule has 7 heteroatoms. The van der Waals surface area contributed by atoms with Crippen molar-refractivity contribution in [3.8, 4) is 28.7 Å². The Morgan fingerprint density at radius 3 is 2.52 bits per heavy atom. The van der Waals surface area contributed by atoms with E-state index >= 15 is 0 Å². The van der Waals surface area contributed by atoms with E-state index in [0.29, 0.717) is 31.2 Å². The monoisotopic (exact) mass is 421 g/mol. The third-order valence-corrected chi connectivity index (χ3v) is 5.50. The zero-order chi connectivity index (χ0) is 22.0. The molecule has 0 atom stereocenters. The van der Waals surface area contributed by atoms with Gasteiger partial charge < -0.3 is 19.6 Å². The molecular formula is C24H27N3O4. The van der Waals surface area contributed by atoms with Crippen LogP contribution in [0.3, 0.4) is 0 Å². The molecule has 4 rings (SSSR count). The van der Waals surface area contributed by atoms with Crippen LogP contribution in [-0.2, 0) is 11.3 Å². The van der Waals surface area contributed by atoms with Crippen LogP contribution in [0.4, 0.5) is 0 Å². The van der Waals surface area contributed by atoms with Gasteiger partial charge in [-0.3, -0.25) is 4.79 Å². The number of rotatable bonds is 8. The van der Waals surface area contributed by atoms with Crippen LogP contribution in [0, 0.1) is 12.8 Å². The molecule has 1 aliphatic carbocycles. The van der Waals surface area contributed by atoms with E-state index in [1.165, 1.54) is 0 Å². The molecule has 31 heavy (non-hydrogen) atoms. The van der Waals surface area contributed by atoms with Crippen molar-refractivity contribution in [1.82, 2.24) is 15.5 Å². The van der Waals surface area contributed by atoms with E-state index in [-0.39, 0.29) is 18.1 Å². The summed E-state index contributed by atoms with van der Waals surface area (Å²) in [5.74, 6) is 0.857. The minimum atomic E-state index is -0.697. The van der Waals surface area contributed by atoms with Crippen molar-refractivity contribution in [1.29, 1.82) is 0 Å². The van der Waals surface area contributed by atoms with Crippen molar-refractivity contribution >= 4 is 5.97 Å². The van der Waals surface area contributed by atoms with Crippen LogP contribution in [0.15, 0.2) is 46.9 Å². The van der Waals surface area contributed by atoms with Crippen molar-refractivity contribution in [2.45, 2.75) is 52.3 Å². The Morgan fingerprint density at radius 1 is 1.16 bits per heavy atom. The SMILES string of the molecule is Cc1cc(CNC2CC(C(=O)O)C2)ccc1-c1nnc(-c2ccc(OC(C)C)cc2)o1. The van der Waals surface area contributed by atoms with Gasteiger partial charge in [-0.05, 0) is 75.1 Å². The quantitative estimate of drug-likeness (QED) is 0.554. The average molecular weight is 421 g/mol. The minimum absolute atomic E-state index is 0.123. The van der Waals surface area contributed by atoms with Gasteiger partial charge in [-0.1, -0.05) is 12.1 Å². The van der Waals surface area contributed by atoms with Crippen molar-refractivity contribution in [3.05, 3.63) is 53.6 Å². The maximum absolute atomic E-state index is 10.9. The summed E-state index contributed by atoms with van der Waals surface area (Å²) in [5.41, 5.74) is 3.93. The molecule has 7 nitrogen and oxygen atoms in total. The van der Waals surface area contributed by atoms with Crippen LogP contribution >= 0.6 is 0 Å². The van der Waals surface area contributed by atoms with Crippen molar-refractivity contribution < 1.29 is 19.1 Å². The van der Waals surface area contributed by atoms with Gasteiger partial charge in [0.1, 0.15) is 5.75 Å². The lowest BCUT2D eigenvalue weighted by Crippen LogP contribution is -2.43. The molecule has 1 aromatic heterocycles. The summed E-state index contributed by atoms with van der Waals surface area (Å²) in [6, 6.07) is 14.0. The number of aryl methyl sites for hydroxylation is 1. The number of aromatic nitrogens is 2. The minimum Gasteiger partial charge on any atom is -0.491 e. The summed E-state index contributed by atoms with van der Waals surface area (Å²) in [5, 5.41) is 20.8. The molecule has 2 N–H and O–H groups in total. The molecule has 0 unspecified atom stereocenters. The molecule has 2 aromatic carbocycles. The van der Waals surface area contributed by atoms with Crippen molar-refractivity contribution in [2.24, 2.45) is 5.92 Å². The zero-order valence-electron chi connectivity index (χ0n) is 18.0. The second-order valence-corrected chi connectivity index (χ2v) is 8.34. The number of nitrogens with one attached hydrogen (secondary N) is 1. The molecule has 1 heterocycles.